The number of fused-ring (bicyclic) bond motifs is 1. The number of benzene rings is 1. The van der Waals surface area contributed by atoms with E-state index >= 15 is 0 Å². The third kappa shape index (κ3) is 2.28. The van der Waals surface area contributed by atoms with E-state index in [2.05, 4.69) is 4.98 Å². The molecule has 1 aromatic heterocycles. The summed E-state index contributed by atoms with van der Waals surface area (Å²) in [5, 5.41) is 7.34. The predicted molar refractivity (Wildman–Crippen MR) is 67.9 cm³/mol. The van der Waals surface area contributed by atoms with Crippen LogP contribution in [0.4, 0.5) is 0 Å². The van der Waals surface area contributed by atoms with Crippen LogP contribution in [0.2, 0.25) is 0 Å². The minimum absolute atomic E-state index is 0.101. The fraction of sp³-hybridized carbons (Fsp3) is 0.0769. The number of hydrogen-bond acceptors (Lipinski definition) is 5. The van der Waals surface area contributed by atoms with Crippen molar-refractivity contribution in [2.75, 3.05) is 6.79 Å². The summed E-state index contributed by atoms with van der Waals surface area (Å²) in [6.45, 7) is 0.225. The highest BCUT2D eigenvalue weighted by Crippen LogP contribution is 2.36. The molecule has 0 aliphatic carbocycles. The van der Waals surface area contributed by atoms with Crippen LogP contribution in [0.3, 0.4) is 0 Å². The van der Waals surface area contributed by atoms with E-state index in [-0.39, 0.29) is 12.6 Å². The van der Waals surface area contributed by atoms with E-state index in [4.69, 9.17) is 25.4 Å². The minimum atomic E-state index is -0.101. The van der Waals surface area contributed by atoms with Crippen molar-refractivity contribution in [1.82, 2.24) is 4.98 Å². The molecule has 1 aliphatic rings. The molecule has 6 nitrogen and oxygen atoms in total. The molecular formula is C13H11N3O3. The first-order valence-corrected chi connectivity index (χ1v) is 5.60. The molecule has 2 heterocycles. The van der Waals surface area contributed by atoms with Crippen LogP contribution >= 0.6 is 0 Å². The summed E-state index contributed by atoms with van der Waals surface area (Å²) in [6, 6.07) is 8.60. The standard InChI is InChI=1S/C13H11N3O3/c14-13(15)10-5-9(3-4-16-10)19-8-1-2-11-12(6-8)18-7-17-11/h1-6H,7H2,(H3,14,15). The molecule has 2 aromatic rings. The third-order valence-corrected chi connectivity index (χ3v) is 2.59. The molecule has 96 valence electrons. The first kappa shape index (κ1) is 11.3. The van der Waals surface area contributed by atoms with Crippen molar-refractivity contribution in [2.24, 2.45) is 5.73 Å². The number of nitrogen functional groups attached to an aromatic ring is 1. The molecule has 0 bridgehead atoms. The lowest BCUT2D eigenvalue weighted by molar-refractivity contribution is 0.174. The summed E-state index contributed by atoms with van der Waals surface area (Å²) in [7, 11) is 0. The Morgan fingerprint density at radius 3 is 2.79 bits per heavy atom. The Labute approximate surface area is 109 Å². The maximum absolute atomic E-state index is 7.34. The first-order valence-electron chi connectivity index (χ1n) is 5.60. The molecule has 1 aromatic carbocycles. The second-order valence-electron chi connectivity index (χ2n) is 3.91. The van der Waals surface area contributed by atoms with Gasteiger partial charge in [-0.1, -0.05) is 0 Å². The maximum Gasteiger partial charge on any atom is 0.231 e. The topological polar surface area (TPSA) is 90.5 Å². The van der Waals surface area contributed by atoms with Crippen molar-refractivity contribution in [3.8, 4) is 23.0 Å². The van der Waals surface area contributed by atoms with E-state index in [1.807, 2.05) is 0 Å². The van der Waals surface area contributed by atoms with Crippen LogP contribution in [0.25, 0.3) is 0 Å². The number of ether oxygens (including phenoxy) is 3. The molecule has 0 radical (unpaired) electrons. The molecular weight excluding hydrogens is 246 g/mol. The number of rotatable bonds is 3. The summed E-state index contributed by atoms with van der Waals surface area (Å²) in [6.07, 6.45) is 1.54. The molecule has 1 aliphatic heterocycles. The molecule has 3 N–H and O–H groups in total. The second kappa shape index (κ2) is 4.49. The summed E-state index contributed by atoms with van der Waals surface area (Å²) in [5.41, 5.74) is 5.75. The molecule has 0 spiro atoms. The zero-order valence-corrected chi connectivity index (χ0v) is 9.92. The molecule has 19 heavy (non-hydrogen) atoms. The van der Waals surface area contributed by atoms with Gasteiger partial charge in [0.15, 0.2) is 11.5 Å². The first-order chi connectivity index (χ1) is 9.22. The Morgan fingerprint density at radius 2 is 1.95 bits per heavy atom. The van der Waals surface area contributed by atoms with Gasteiger partial charge in [-0.05, 0) is 18.2 Å². The van der Waals surface area contributed by atoms with Crippen molar-refractivity contribution in [1.29, 1.82) is 5.41 Å². The van der Waals surface area contributed by atoms with Crippen LogP contribution in [0.1, 0.15) is 5.69 Å². The lowest BCUT2D eigenvalue weighted by atomic mass is 10.3. The van der Waals surface area contributed by atoms with Gasteiger partial charge < -0.3 is 19.9 Å². The number of aromatic nitrogens is 1. The van der Waals surface area contributed by atoms with Gasteiger partial charge in [-0.3, -0.25) is 10.4 Å². The number of nitrogens with two attached hydrogens (primary N) is 1. The smallest absolute Gasteiger partial charge is 0.231 e. The average Bonchev–Trinajstić information content (AvgIpc) is 2.86. The van der Waals surface area contributed by atoms with Crippen molar-refractivity contribution in [3.05, 3.63) is 42.2 Å². The minimum Gasteiger partial charge on any atom is -0.457 e. The Kier molecular flexibility index (Phi) is 2.68. The SMILES string of the molecule is N=C(N)c1cc(Oc2ccc3c(c2)OCO3)ccn1. The van der Waals surface area contributed by atoms with Gasteiger partial charge in [0.2, 0.25) is 6.79 Å². The normalized spacial score (nSPS) is 12.2. The largest absolute Gasteiger partial charge is 0.457 e. The van der Waals surface area contributed by atoms with E-state index in [0.29, 0.717) is 28.7 Å². The molecule has 0 saturated carbocycles. The summed E-state index contributed by atoms with van der Waals surface area (Å²) >= 11 is 0. The van der Waals surface area contributed by atoms with E-state index in [1.54, 1.807) is 36.5 Å². The van der Waals surface area contributed by atoms with Crippen LogP contribution in [-0.2, 0) is 0 Å². The van der Waals surface area contributed by atoms with Gasteiger partial charge in [0.05, 0.1) is 0 Å². The van der Waals surface area contributed by atoms with Crippen LogP contribution in [0, 0.1) is 5.41 Å². The van der Waals surface area contributed by atoms with Crippen LogP contribution in [0.15, 0.2) is 36.5 Å². The van der Waals surface area contributed by atoms with Gasteiger partial charge in [0.25, 0.3) is 0 Å². The van der Waals surface area contributed by atoms with Gasteiger partial charge >= 0.3 is 0 Å². The second-order valence-corrected chi connectivity index (χ2v) is 3.91. The van der Waals surface area contributed by atoms with Crippen LogP contribution < -0.4 is 19.9 Å². The molecule has 3 rings (SSSR count). The summed E-state index contributed by atoms with van der Waals surface area (Å²) < 4.78 is 16.2. The number of pyridine rings is 1. The van der Waals surface area contributed by atoms with Crippen LogP contribution in [-0.4, -0.2) is 17.6 Å². The Balaban J connectivity index is 1.85. The molecule has 0 amide bonds. The average molecular weight is 257 g/mol. The van der Waals surface area contributed by atoms with E-state index in [9.17, 15) is 0 Å². The fourth-order valence-corrected chi connectivity index (χ4v) is 1.70. The third-order valence-electron chi connectivity index (χ3n) is 2.59. The van der Waals surface area contributed by atoms with Crippen molar-refractivity contribution in [2.45, 2.75) is 0 Å². The predicted octanol–water partition coefficient (Wildman–Crippen LogP) is 1.89. The Morgan fingerprint density at radius 1 is 1.16 bits per heavy atom. The number of amidine groups is 1. The fourth-order valence-electron chi connectivity index (χ4n) is 1.70. The Hall–Kier alpha value is -2.76. The van der Waals surface area contributed by atoms with Crippen molar-refractivity contribution >= 4 is 5.84 Å². The molecule has 0 unspecified atom stereocenters. The highest BCUT2D eigenvalue weighted by atomic mass is 16.7. The zero-order valence-electron chi connectivity index (χ0n) is 9.92. The lowest BCUT2D eigenvalue weighted by Gasteiger charge is -2.07. The molecule has 0 atom stereocenters. The number of nitrogens with zero attached hydrogens (tertiary/aromatic N) is 1. The van der Waals surface area contributed by atoms with E-state index in [1.165, 1.54) is 0 Å². The van der Waals surface area contributed by atoms with Crippen molar-refractivity contribution < 1.29 is 14.2 Å². The highest BCUT2D eigenvalue weighted by Gasteiger charge is 2.14. The lowest BCUT2D eigenvalue weighted by Crippen LogP contribution is -2.12. The van der Waals surface area contributed by atoms with Crippen molar-refractivity contribution in [3.63, 3.8) is 0 Å². The van der Waals surface area contributed by atoms with Gasteiger partial charge in [-0.2, -0.15) is 0 Å². The van der Waals surface area contributed by atoms with Gasteiger partial charge in [-0.25, -0.2) is 0 Å². The highest BCUT2D eigenvalue weighted by molar-refractivity contribution is 5.93. The quantitative estimate of drug-likeness (QED) is 0.647. The van der Waals surface area contributed by atoms with E-state index < -0.39 is 0 Å². The monoisotopic (exact) mass is 257 g/mol. The Bertz CT molecular complexity index is 643. The molecule has 6 heteroatoms. The van der Waals surface area contributed by atoms with Crippen LogP contribution in [0.5, 0.6) is 23.0 Å². The molecule has 0 fully saturated rings. The van der Waals surface area contributed by atoms with Gasteiger partial charge in [-0.15, -0.1) is 0 Å². The number of nitrogens with one attached hydrogen (secondary N) is 1. The zero-order chi connectivity index (χ0) is 13.2. The van der Waals surface area contributed by atoms with Gasteiger partial charge in [0.1, 0.15) is 23.0 Å². The number of hydrogen-bond donors (Lipinski definition) is 2. The van der Waals surface area contributed by atoms with Gasteiger partial charge in [0, 0.05) is 18.3 Å². The summed E-state index contributed by atoms with van der Waals surface area (Å²) in [5.74, 6) is 2.42. The molecule has 0 saturated heterocycles. The maximum atomic E-state index is 7.34. The van der Waals surface area contributed by atoms with E-state index in [0.717, 1.165) is 0 Å². The summed E-state index contributed by atoms with van der Waals surface area (Å²) in [4.78, 5) is 3.96.